The second-order valence-electron chi connectivity index (χ2n) is 4.77. The minimum absolute atomic E-state index is 0. The molecule has 7 heteroatoms. The van der Waals surface area contributed by atoms with Crippen molar-refractivity contribution in [1.29, 1.82) is 0 Å². The first-order valence-electron chi connectivity index (χ1n) is 6.21. The second-order valence-corrected chi connectivity index (χ2v) is 7.20. The first kappa shape index (κ1) is 19.7. The van der Waals surface area contributed by atoms with Gasteiger partial charge in [-0.15, -0.1) is 12.4 Å². The summed E-state index contributed by atoms with van der Waals surface area (Å²) in [5.74, 6) is 0.258. The van der Waals surface area contributed by atoms with E-state index in [1.807, 2.05) is 19.9 Å². The van der Waals surface area contributed by atoms with E-state index >= 15 is 0 Å². The fraction of sp³-hybridized carbons (Fsp3) is 0.538. The first-order valence-corrected chi connectivity index (χ1v) is 8.03. The van der Waals surface area contributed by atoms with Crippen molar-refractivity contribution in [3.63, 3.8) is 0 Å². The van der Waals surface area contributed by atoms with Crippen molar-refractivity contribution < 1.29 is 8.42 Å². The van der Waals surface area contributed by atoms with Gasteiger partial charge in [-0.1, -0.05) is 31.5 Å². The number of hydrogen-bond donors (Lipinski definition) is 1. The molecule has 0 unspecified atom stereocenters. The summed E-state index contributed by atoms with van der Waals surface area (Å²) in [7, 11) is -0.191. The molecule has 0 fully saturated rings. The van der Waals surface area contributed by atoms with Gasteiger partial charge in [0, 0.05) is 20.1 Å². The Bertz CT molecular complexity index is 533. The number of nitrogens with one attached hydrogen (secondary N) is 1. The molecule has 0 radical (unpaired) electrons. The molecule has 0 bridgehead atoms. The molecule has 0 aliphatic heterocycles. The minimum atomic E-state index is -3.54. The number of nitrogens with zero attached hydrogens (tertiary/aromatic N) is 1. The van der Waals surface area contributed by atoms with Crippen LogP contribution in [0.3, 0.4) is 0 Å². The van der Waals surface area contributed by atoms with E-state index in [1.165, 1.54) is 4.31 Å². The van der Waals surface area contributed by atoms with E-state index in [1.54, 1.807) is 26.2 Å². The van der Waals surface area contributed by atoms with Gasteiger partial charge in [-0.2, -0.15) is 4.31 Å². The summed E-state index contributed by atoms with van der Waals surface area (Å²) in [4.78, 5) is 0.180. The highest BCUT2D eigenvalue weighted by atomic mass is 35.5. The summed E-state index contributed by atoms with van der Waals surface area (Å²) in [5, 5.41) is 3.19. The molecule has 1 N–H and O–H groups in total. The molecular weight excluding hydrogens is 319 g/mol. The van der Waals surface area contributed by atoms with Crippen LogP contribution in [0.4, 0.5) is 0 Å². The number of sulfonamides is 1. The van der Waals surface area contributed by atoms with Crippen LogP contribution in [0.5, 0.6) is 0 Å². The van der Waals surface area contributed by atoms with Crippen LogP contribution in [-0.4, -0.2) is 39.9 Å². The molecule has 4 nitrogen and oxygen atoms in total. The number of likely N-dealkylation sites (N-methyl/N-ethyl adjacent to an activating group) is 2. The van der Waals surface area contributed by atoms with Crippen molar-refractivity contribution in [3.8, 4) is 0 Å². The third kappa shape index (κ3) is 4.60. The van der Waals surface area contributed by atoms with Gasteiger partial charge in [0.05, 0.1) is 5.02 Å². The van der Waals surface area contributed by atoms with Crippen LogP contribution < -0.4 is 5.32 Å². The highest BCUT2D eigenvalue weighted by molar-refractivity contribution is 7.89. The average molecular weight is 341 g/mol. The number of hydrogen-bond acceptors (Lipinski definition) is 3. The molecular formula is C13H22Cl2N2O2S. The summed E-state index contributed by atoms with van der Waals surface area (Å²) in [6, 6.07) is 5.17. The normalized spacial score (nSPS) is 11.8. The Morgan fingerprint density at radius 2 is 1.95 bits per heavy atom. The molecule has 1 aromatic carbocycles. The van der Waals surface area contributed by atoms with Crippen LogP contribution in [0.15, 0.2) is 23.1 Å². The van der Waals surface area contributed by atoms with E-state index in [9.17, 15) is 8.42 Å². The Labute approximate surface area is 133 Å². The lowest BCUT2D eigenvalue weighted by atomic mass is 10.0. The van der Waals surface area contributed by atoms with Gasteiger partial charge in [-0.25, -0.2) is 8.42 Å². The zero-order valence-electron chi connectivity index (χ0n) is 12.2. The fourth-order valence-corrected chi connectivity index (χ4v) is 3.31. The topological polar surface area (TPSA) is 49.4 Å². The Morgan fingerprint density at radius 1 is 1.35 bits per heavy atom. The van der Waals surface area contributed by atoms with Crippen LogP contribution in [0.2, 0.25) is 5.02 Å². The van der Waals surface area contributed by atoms with Gasteiger partial charge in [-0.05, 0) is 30.7 Å². The standard InChI is InChI=1S/C13H21ClN2O2S.ClH/c1-10(2)11-5-6-12(14)13(9-11)19(17,18)16(4)8-7-15-3;/h5-6,9-10,15H,7-8H2,1-4H3;1H. The maximum absolute atomic E-state index is 12.4. The molecule has 0 aliphatic carbocycles. The second kappa shape index (κ2) is 8.20. The van der Waals surface area contributed by atoms with Crippen LogP contribution >= 0.6 is 24.0 Å². The molecule has 0 atom stereocenters. The van der Waals surface area contributed by atoms with E-state index < -0.39 is 10.0 Å². The zero-order chi connectivity index (χ0) is 14.6. The Hall–Kier alpha value is -0.330. The van der Waals surface area contributed by atoms with Gasteiger partial charge in [0.2, 0.25) is 10.0 Å². The number of benzene rings is 1. The SMILES string of the molecule is CNCCN(C)S(=O)(=O)c1cc(C(C)C)ccc1Cl.Cl. The molecule has 0 heterocycles. The quantitative estimate of drug-likeness (QED) is 0.866. The molecule has 20 heavy (non-hydrogen) atoms. The molecule has 1 rings (SSSR count). The highest BCUT2D eigenvalue weighted by Gasteiger charge is 2.23. The number of rotatable bonds is 6. The lowest BCUT2D eigenvalue weighted by Gasteiger charge is -2.19. The summed E-state index contributed by atoms with van der Waals surface area (Å²) >= 11 is 6.04. The van der Waals surface area contributed by atoms with Crippen molar-refractivity contribution >= 4 is 34.0 Å². The summed E-state index contributed by atoms with van der Waals surface area (Å²) in [6.45, 7) is 5.03. The molecule has 0 saturated carbocycles. The van der Waals surface area contributed by atoms with Crippen molar-refractivity contribution in [1.82, 2.24) is 9.62 Å². The van der Waals surface area contributed by atoms with Gasteiger partial charge in [0.15, 0.2) is 0 Å². The predicted molar refractivity (Wildman–Crippen MR) is 86.5 cm³/mol. The van der Waals surface area contributed by atoms with Crippen molar-refractivity contribution in [2.45, 2.75) is 24.7 Å². The van der Waals surface area contributed by atoms with Gasteiger partial charge in [-0.3, -0.25) is 0 Å². The van der Waals surface area contributed by atoms with Crippen LogP contribution in [0, 0.1) is 0 Å². The lowest BCUT2D eigenvalue weighted by Crippen LogP contribution is -2.33. The van der Waals surface area contributed by atoms with E-state index in [-0.39, 0.29) is 28.2 Å². The monoisotopic (exact) mass is 340 g/mol. The van der Waals surface area contributed by atoms with Gasteiger partial charge in [0.1, 0.15) is 4.90 Å². The van der Waals surface area contributed by atoms with Crippen molar-refractivity contribution in [2.75, 3.05) is 27.2 Å². The van der Waals surface area contributed by atoms with Crippen LogP contribution in [0.25, 0.3) is 0 Å². The number of halogens is 2. The van der Waals surface area contributed by atoms with Crippen molar-refractivity contribution in [3.05, 3.63) is 28.8 Å². The molecule has 0 aromatic heterocycles. The Balaban J connectivity index is 0.00000361. The van der Waals surface area contributed by atoms with E-state index in [0.717, 1.165) is 5.56 Å². The maximum Gasteiger partial charge on any atom is 0.244 e. The first-order chi connectivity index (χ1) is 8.80. The predicted octanol–water partition coefficient (Wildman–Crippen LogP) is 2.73. The van der Waals surface area contributed by atoms with E-state index in [0.29, 0.717) is 13.1 Å². The molecule has 0 amide bonds. The molecule has 0 saturated heterocycles. The van der Waals surface area contributed by atoms with Crippen LogP contribution in [0.1, 0.15) is 25.3 Å². The minimum Gasteiger partial charge on any atom is -0.318 e. The summed E-state index contributed by atoms with van der Waals surface area (Å²) < 4.78 is 26.2. The van der Waals surface area contributed by atoms with Crippen molar-refractivity contribution in [2.24, 2.45) is 0 Å². The molecule has 0 aliphatic rings. The Morgan fingerprint density at radius 3 is 2.45 bits per heavy atom. The van der Waals surface area contributed by atoms with Crippen LogP contribution in [-0.2, 0) is 10.0 Å². The zero-order valence-corrected chi connectivity index (χ0v) is 14.6. The van der Waals surface area contributed by atoms with Gasteiger partial charge < -0.3 is 5.32 Å². The fourth-order valence-electron chi connectivity index (χ4n) is 1.63. The molecule has 0 spiro atoms. The Kier molecular flexibility index (Phi) is 8.06. The third-order valence-corrected chi connectivity index (χ3v) is 5.33. The lowest BCUT2D eigenvalue weighted by molar-refractivity contribution is 0.466. The highest BCUT2D eigenvalue weighted by Crippen LogP contribution is 2.27. The maximum atomic E-state index is 12.4. The molecule has 116 valence electrons. The average Bonchev–Trinajstić information content (AvgIpc) is 2.35. The van der Waals surface area contributed by atoms with Gasteiger partial charge in [0.25, 0.3) is 0 Å². The third-order valence-electron chi connectivity index (χ3n) is 2.99. The van der Waals surface area contributed by atoms with Gasteiger partial charge >= 0.3 is 0 Å². The molecule has 1 aromatic rings. The smallest absolute Gasteiger partial charge is 0.244 e. The van der Waals surface area contributed by atoms with E-state index in [4.69, 9.17) is 11.6 Å². The van der Waals surface area contributed by atoms with E-state index in [2.05, 4.69) is 5.32 Å². The summed E-state index contributed by atoms with van der Waals surface area (Å²) in [6.07, 6.45) is 0. The largest absolute Gasteiger partial charge is 0.318 e. The summed E-state index contributed by atoms with van der Waals surface area (Å²) in [5.41, 5.74) is 0.963.